The smallest absolute Gasteiger partial charge is 0.137 e. The van der Waals surface area contributed by atoms with Crippen molar-refractivity contribution < 1.29 is 0 Å². The summed E-state index contributed by atoms with van der Waals surface area (Å²) in [6, 6.07) is 82.2. The molecule has 108 heavy (non-hydrogen) atoms. The zero-order chi connectivity index (χ0) is 75.0. The van der Waals surface area contributed by atoms with Gasteiger partial charge in [0.2, 0.25) is 0 Å². The Bertz CT molecular complexity index is 4610. The molecule has 21 rings (SSSR count). The van der Waals surface area contributed by atoms with Crippen LogP contribution < -0.4 is 24.5 Å². The fourth-order valence-corrected chi connectivity index (χ4v) is 23.6. The number of hydrogen-bond acceptors (Lipinski definition) is 7. The van der Waals surface area contributed by atoms with Crippen molar-refractivity contribution in [1.82, 2.24) is 9.97 Å². The highest BCUT2D eigenvalue weighted by Gasteiger charge is 2.64. The summed E-state index contributed by atoms with van der Waals surface area (Å²) < 4.78 is 0. The van der Waals surface area contributed by atoms with Crippen molar-refractivity contribution in [1.29, 1.82) is 0 Å². The summed E-state index contributed by atoms with van der Waals surface area (Å²) >= 11 is 0. The number of pyridine rings is 2. The van der Waals surface area contributed by atoms with Crippen LogP contribution in [0.3, 0.4) is 0 Å². The number of anilines is 10. The molecule has 6 aliphatic carbocycles. The van der Waals surface area contributed by atoms with Crippen molar-refractivity contribution in [2.75, 3.05) is 24.5 Å². The molecule has 8 aromatic carbocycles. The first-order valence-corrected chi connectivity index (χ1v) is 41.7. The standard InChI is InChI=1S/C25H29N.C21H25N.C20H24N2.C18H21N.C17H20N2/c1-16-7-3-5-9-23(16)26-17(2)25(22-8-4-6-10-24(22)26)20-12-18-11-19(14-20)15-21(25)13-18;1-16-10-4-6-12-19(16)22-17(2)21(14-8-3-9-15-21)18-11-5-7-13-20(18)22;1-15-9-4-5-11-18(15)22-16(2)20(12-6-3-7-13-20)17-10-8-14-21-19(17)22;1-13-9-5-7-11-16(13)19-14(2)18(3,4)15-10-6-8-12-17(15)19;1-12-8-5-6-10-15(12)19-13(2)17(3,4)14-9-7-11-18-16(14)19/h3-10,17-21H,11-15H2,1-2H3;4-7,10-13,17H,3,8-9,14-15H2,1-2H3;4-5,8-11,14,16H,3,6-7,12-13H2,1-2H3;5-12,14H,1-4H3;5-11,13H,1-4H3. The largest absolute Gasteiger partial charge is 0.337 e. The molecule has 6 fully saturated rings. The van der Waals surface area contributed by atoms with Gasteiger partial charge in [0.05, 0.1) is 0 Å². The van der Waals surface area contributed by atoms with Gasteiger partial charge in [-0.1, -0.05) is 224 Å². The number of hydrogen-bond donors (Lipinski definition) is 0. The zero-order valence-corrected chi connectivity index (χ0v) is 67.4. The Morgan fingerprint density at radius 1 is 0.269 bits per heavy atom. The third-order valence-corrected chi connectivity index (χ3v) is 29.6. The fourth-order valence-electron chi connectivity index (χ4n) is 23.6. The first-order chi connectivity index (χ1) is 52.2. The van der Waals surface area contributed by atoms with Crippen molar-refractivity contribution in [3.63, 3.8) is 0 Å². The predicted molar refractivity (Wildman–Crippen MR) is 456 cm³/mol. The molecule has 7 nitrogen and oxygen atoms in total. The zero-order valence-electron chi connectivity index (χ0n) is 67.4. The van der Waals surface area contributed by atoms with Crippen molar-refractivity contribution in [3.05, 3.63) is 286 Å². The third kappa shape index (κ3) is 12.0. The second-order valence-electron chi connectivity index (χ2n) is 35.6. The van der Waals surface area contributed by atoms with Gasteiger partial charge in [0.1, 0.15) is 11.6 Å². The maximum absolute atomic E-state index is 4.78. The lowest BCUT2D eigenvalue weighted by Crippen LogP contribution is -2.60. The van der Waals surface area contributed by atoms with Crippen LogP contribution in [-0.2, 0) is 27.1 Å². The second kappa shape index (κ2) is 29.1. The average molecular weight is 1430 g/mol. The van der Waals surface area contributed by atoms with Crippen molar-refractivity contribution in [2.24, 2.45) is 23.7 Å². The monoisotopic (exact) mass is 1430 g/mol. The third-order valence-electron chi connectivity index (χ3n) is 29.6. The lowest BCUT2D eigenvalue weighted by atomic mass is 9.42. The molecule has 2 aromatic heterocycles. The summed E-state index contributed by atoms with van der Waals surface area (Å²) in [5, 5.41) is 0. The van der Waals surface area contributed by atoms with Gasteiger partial charge in [0, 0.05) is 126 Å². The fraction of sp³-hybridized carbons (Fsp3) is 0.426. The lowest BCUT2D eigenvalue weighted by Gasteiger charge is -2.62. The molecule has 10 aromatic rings. The van der Waals surface area contributed by atoms with Crippen LogP contribution in [0.2, 0.25) is 0 Å². The van der Waals surface area contributed by atoms with Crippen LogP contribution in [0.1, 0.15) is 214 Å². The number of rotatable bonds is 5. The molecule has 6 saturated carbocycles. The Balaban J connectivity index is 0.000000104. The predicted octanol–water partition coefficient (Wildman–Crippen LogP) is 26.1. The summed E-state index contributed by atoms with van der Waals surface area (Å²) in [7, 11) is 0. The average Bonchev–Trinajstić information content (AvgIpc) is 1.47. The molecule has 7 heteroatoms. The van der Waals surface area contributed by atoms with Gasteiger partial charge in [-0.05, 0) is 256 Å². The summed E-state index contributed by atoms with van der Waals surface area (Å²) in [6.07, 6.45) is 24.8. The van der Waals surface area contributed by atoms with E-state index in [1.807, 2.05) is 18.5 Å². The number of benzene rings is 8. The first-order valence-electron chi connectivity index (χ1n) is 41.7. The number of aromatic nitrogens is 2. The van der Waals surface area contributed by atoms with Gasteiger partial charge in [-0.25, -0.2) is 9.97 Å². The maximum Gasteiger partial charge on any atom is 0.137 e. The molecule has 5 aliphatic heterocycles. The molecule has 0 N–H and O–H groups in total. The van der Waals surface area contributed by atoms with Gasteiger partial charge in [0.15, 0.2) is 0 Å². The molecule has 0 amide bonds. The van der Waals surface area contributed by atoms with E-state index in [9.17, 15) is 0 Å². The second-order valence-corrected chi connectivity index (χ2v) is 35.6. The molecular formula is C101H119N7. The molecule has 7 heterocycles. The normalized spacial score (nSPS) is 26.0. The molecule has 0 radical (unpaired) electrons. The van der Waals surface area contributed by atoms with E-state index in [4.69, 9.17) is 4.98 Å². The van der Waals surface area contributed by atoms with E-state index in [0.717, 1.165) is 29.5 Å². The highest BCUT2D eigenvalue weighted by atomic mass is 15.3. The number of fused-ring (bicyclic) bond motifs is 7. The Labute approximate surface area is 648 Å². The first kappa shape index (κ1) is 73.2. The highest BCUT2D eigenvalue weighted by molar-refractivity contribution is 5.80. The van der Waals surface area contributed by atoms with Crippen molar-refractivity contribution in [2.45, 2.75) is 251 Å². The topological polar surface area (TPSA) is 42.0 Å². The van der Waals surface area contributed by atoms with E-state index >= 15 is 0 Å². The van der Waals surface area contributed by atoms with E-state index in [1.165, 1.54) is 192 Å². The number of nitrogens with zero attached hydrogens (tertiary/aromatic N) is 7. The van der Waals surface area contributed by atoms with Gasteiger partial charge in [0.25, 0.3) is 0 Å². The summed E-state index contributed by atoms with van der Waals surface area (Å²) in [6.45, 7) is 32.3. The van der Waals surface area contributed by atoms with Crippen LogP contribution in [0.4, 0.5) is 57.1 Å². The molecule has 5 atom stereocenters. The molecule has 3 spiro atoms. The van der Waals surface area contributed by atoms with Gasteiger partial charge < -0.3 is 24.5 Å². The Morgan fingerprint density at radius 2 is 0.556 bits per heavy atom. The van der Waals surface area contributed by atoms with E-state index in [1.54, 1.807) is 11.1 Å². The van der Waals surface area contributed by atoms with Crippen LogP contribution in [-0.4, -0.2) is 40.2 Å². The molecule has 558 valence electrons. The molecule has 5 unspecified atom stereocenters. The van der Waals surface area contributed by atoms with Crippen LogP contribution in [0.15, 0.2) is 231 Å². The molecular weight excluding hydrogens is 1310 g/mol. The van der Waals surface area contributed by atoms with Crippen molar-refractivity contribution >= 4 is 57.1 Å². The SMILES string of the molecule is Cc1ccccc1N1c2ccccc2C(C)(C)C1C.Cc1ccccc1N1c2ccccc2C2(C3CC4CC(C3)CC2C4)C1C.Cc1ccccc1N1c2ccccc2C2(CCCCC2)C1C.Cc1ccccc1N1c2ncccc2C(C)(C)C1C.Cc1ccccc1N1c2ncccc2C2(CCCCC2)C1C. The summed E-state index contributed by atoms with van der Waals surface area (Å²) in [5.74, 6) is 6.12. The minimum atomic E-state index is 0.117. The Kier molecular flexibility index (Phi) is 19.8. The van der Waals surface area contributed by atoms with Gasteiger partial charge in [-0.3, -0.25) is 0 Å². The van der Waals surface area contributed by atoms with E-state index in [0.29, 0.717) is 46.5 Å². The highest BCUT2D eigenvalue weighted by Crippen LogP contribution is 2.69. The Morgan fingerprint density at radius 3 is 1.00 bits per heavy atom. The summed E-state index contributed by atoms with van der Waals surface area (Å²) in [5.41, 5.74) is 26.6. The van der Waals surface area contributed by atoms with Gasteiger partial charge >= 0.3 is 0 Å². The number of aryl methyl sites for hydroxylation is 5. The van der Waals surface area contributed by atoms with Crippen LogP contribution in [0.25, 0.3) is 0 Å². The minimum Gasteiger partial charge on any atom is -0.337 e. The van der Waals surface area contributed by atoms with E-state index in [2.05, 4.69) is 339 Å². The van der Waals surface area contributed by atoms with E-state index in [-0.39, 0.29) is 10.8 Å². The van der Waals surface area contributed by atoms with Crippen LogP contribution in [0, 0.1) is 58.3 Å². The number of para-hydroxylation sites is 8. The summed E-state index contributed by atoms with van der Waals surface area (Å²) in [4.78, 5) is 22.1. The lowest BCUT2D eigenvalue weighted by molar-refractivity contribution is -0.0654. The van der Waals surface area contributed by atoms with Gasteiger partial charge in [-0.15, -0.1) is 0 Å². The van der Waals surface area contributed by atoms with Crippen LogP contribution >= 0.6 is 0 Å². The van der Waals surface area contributed by atoms with E-state index < -0.39 is 0 Å². The van der Waals surface area contributed by atoms with Crippen molar-refractivity contribution in [3.8, 4) is 0 Å². The minimum absolute atomic E-state index is 0.117. The molecule has 0 saturated heterocycles. The van der Waals surface area contributed by atoms with Gasteiger partial charge in [-0.2, -0.15) is 0 Å². The molecule has 11 aliphatic rings. The quantitative estimate of drug-likeness (QED) is 0.170. The Hall–Kier alpha value is -8.94. The maximum atomic E-state index is 4.78. The van der Waals surface area contributed by atoms with Crippen LogP contribution in [0.5, 0.6) is 0 Å². The molecule has 4 bridgehead atoms.